The van der Waals surface area contributed by atoms with E-state index in [9.17, 15) is 0 Å². The standard InChI is InChI=1S/C25H31N/c1-2-3-4-20-11-15-24(16-12-20)25-17-13-22(14-18-25)6-5-21-7-9-23(19-26)10-8-21/h7-12,15-16,22,25H,2-6,13-14,17-18H2,1H3. The first-order chi connectivity index (χ1) is 12.8. The number of hydrogen-bond donors (Lipinski definition) is 0. The van der Waals surface area contributed by atoms with E-state index >= 15 is 0 Å². The van der Waals surface area contributed by atoms with E-state index in [0.29, 0.717) is 0 Å². The van der Waals surface area contributed by atoms with Crippen LogP contribution in [0.5, 0.6) is 0 Å². The average Bonchev–Trinajstić information content (AvgIpc) is 2.72. The molecule has 1 saturated carbocycles. The van der Waals surface area contributed by atoms with Crippen LogP contribution < -0.4 is 0 Å². The minimum Gasteiger partial charge on any atom is -0.192 e. The second kappa shape index (κ2) is 9.58. The van der Waals surface area contributed by atoms with Crippen molar-refractivity contribution < 1.29 is 0 Å². The zero-order valence-corrected chi connectivity index (χ0v) is 16.1. The van der Waals surface area contributed by atoms with Crippen molar-refractivity contribution in [3.63, 3.8) is 0 Å². The van der Waals surface area contributed by atoms with Gasteiger partial charge in [-0.05, 0) is 92.0 Å². The summed E-state index contributed by atoms with van der Waals surface area (Å²) in [5.74, 6) is 1.63. The Morgan fingerprint density at radius 2 is 1.46 bits per heavy atom. The van der Waals surface area contributed by atoms with Crippen LogP contribution in [0.15, 0.2) is 48.5 Å². The van der Waals surface area contributed by atoms with Crippen molar-refractivity contribution in [3.05, 3.63) is 70.8 Å². The molecule has 0 saturated heterocycles. The van der Waals surface area contributed by atoms with Crippen molar-refractivity contribution >= 4 is 0 Å². The van der Waals surface area contributed by atoms with Gasteiger partial charge in [0, 0.05) is 0 Å². The smallest absolute Gasteiger partial charge is 0.0991 e. The Morgan fingerprint density at radius 1 is 0.846 bits per heavy atom. The summed E-state index contributed by atoms with van der Waals surface area (Å²) >= 11 is 0. The maximum absolute atomic E-state index is 8.88. The summed E-state index contributed by atoms with van der Waals surface area (Å²) in [5, 5.41) is 8.88. The van der Waals surface area contributed by atoms with Crippen LogP contribution >= 0.6 is 0 Å². The summed E-state index contributed by atoms with van der Waals surface area (Å²) in [6, 6.07) is 19.8. The molecule has 1 nitrogen and oxygen atoms in total. The zero-order valence-electron chi connectivity index (χ0n) is 16.1. The van der Waals surface area contributed by atoms with Gasteiger partial charge in [-0.15, -0.1) is 0 Å². The molecule has 2 aromatic carbocycles. The molecule has 1 heteroatoms. The highest BCUT2D eigenvalue weighted by Gasteiger charge is 2.22. The number of aryl methyl sites for hydroxylation is 2. The van der Waals surface area contributed by atoms with Gasteiger partial charge in [0.05, 0.1) is 11.6 Å². The third-order valence-electron chi connectivity index (χ3n) is 6.04. The SMILES string of the molecule is CCCCc1ccc(C2CCC(CCc3ccc(C#N)cc3)CC2)cc1. The van der Waals surface area contributed by atoms with Crippen LogP contribution in [-0.2, 0) is 12.8 Å². The Morgan fingerprint density at radius 3 is 2.08 bits per heavy atom. The molecule has 0 atom stereocenters. The Kier molecular flexibility index (Phi) is 6.89. The van der Waals surface area contributed by atoms with Gasteiger partial charge in [0.2, 0.25) is 0 Å². The van der Waals surface area contributed by atoms with Crippen LogP contribution in [0.2, 0.25) is 0 Å². The number of nitriles is 1. The monoisotopic (exact) mass is 345 g/mol. The van der Waals surface area contributed by atoms with E-state index in [1.165, 1.54) is 62.5 Å². The van der Waals surface area contributed by atoms with Crippen molar-refractivity contribution in [2.24, 2.45) is 5.92 Å². The molecule has 26 heavy (non-hydrogen) atoms. The lowest BCUT2D eigenvalue weighted by molar-refractivity contribution is 0.310. The van der Waals surface area contributed by atoms with Gasteiger partial charge in [-0.25, -0.2) is 0 Å². The Labute approximate surface area is 159 Å². The fourth-order valence-corrected chi connectivity index (χ4v) is 4.24. The summed E-state index contributed by atoms with van der Waals surface area (Å²) in [6.45, 7) is 2.26. The van der Waals surface area contributed by atoms with E-state index in [2.05, 4.69) is 49.4 Å². The molecule has 0 aromatic heterocycles. The van der Waals surface area contributed by atoms with Crippen molar-refractivity contribution in [2.75, 3.05) is 0 Å². The third kappa shape index (κ3) is 5.21. The number of benzene rings is 2. The van der Waals surface area contributed by atoms with Gasteiger partial charge >= 0.3 is 0 Å². The predicted octanol–water partition coefficient (Wildman–Crippen LogP) is 6.81. The van der Waals surface area contributed by atoms with E-state index in [1.807, 2.05) is 12.1 Å². The first-order valence-electron chi connectivity index (χ1n) is 10.4. The average molecular weight is 346 g/mol. The highest BCUT2D eigenvalue weighted by molar-refractivity contribution is 5.31. The molecule has 0 amide bonds. The number of nitrogens with zero attached hydrogens (tertiary/aromatic N) is 1. The fourth-order valence-electron chi connectivity index (χ4n) is 4.24. The Balaban J connectivity index is 1.44. The van der Waals surface area contributed by atoms with Crippen molar-refractivity contribution in [1.29, 1.82) is 5.26 Å². The van der Waals surface area contributed by atoms with Crippen molar-refractivity contribution in [3.8, 4) is 6.07 Å². The molecule has 0 bridgehead atoms. The van der Waals surface area contributed by atoms with Crippen LogP contribution in [0.4, 0.5) is 0 Å². The fraction of sp³-hybridized carbons (Fsp3) is 0.480. The van der Waals surface area contributed by atoms with Gasteiger partial charge in [0.1, 0.15) is 0 Å². The molecular weight excluding hydrogens is 314 g/mol. The predicted molar refractivity (Wildman–Crippen MR) is 109 cm³/mol. The lowest BCUT2D eigenvalue weighted by atomic mass is 9.77. The first kappa shape index (κ1) is 18.7. The van der Waals surface area contributed by atoms with E-state index in [-0.39, 0.29) is 0 Å². The zero-order chi connectivity index (χ0) is 18.2. The third-order valence-corrected chi connectivity index (χ3v) is 6.04. The quantitative estimate of drug-likeness (QED) is 0.541. The maximum Gasteiger partial charge on any atom is 0.0991 e. The Hall–Kier alpha value is -2.07. The van der Waals surface area contributed by atoms with Gasteiger partial charge < -0.3 is 0 Å². The molecule has 1 aliphatic rings. The lowest BCUT2D eigenvalue weighted by Crippen LogP contribution is -2.14. The van der Waals surface area contributed by atoms with Crippen LogP contribution in [0.1, 0.15) is 80.0 Å². The molecular formula is C25H31N. The topological polar surface area (TPSA) is 23.8 Å². The molecule has 0 unspecified atom stereocenters. The van der Waals surface area contributed by atoms with E-state index in [4.69, 9.17) is 5.26 Å². The largest absolute Gasteiger partial charge is 0.192 e. The summed E-state index contributed by atoms with van der Waals surface area (Å²) in [5.41, 5.74) is 5.17. The van der Waals surface area contributed by atoms with E-state index in [1.54, 1.807) is 5.56 Å². The highest BCUT2D eigenvalue weighted by atomic mass is 14.3. The van der Waals surface area contributed by atoms with Crippen molar-refractivity contribution in [2.45, 2.75) is 70.6 Å². The molecule has 136 valence electrons. The van der Waals surface area contributed by atoms with Crippen LogP contribution in [0.3, 0.4) is 0 Å². The van der Waals surface area contributed by atoms with Gasteiger partial charge in [0.15, 0.2) is 0 Å². The molecule has 1 aliphatic carbocycles. The maximum atomic E-state index is 8.88. The van der Waals surface area contributed by atoms with Crippen molar-refractivity contribution in [1.82, 2.24) is 0 Å². The summed E-state index contributed by atoms with van der Waals surface area (Å²) in [6.07, 6.45) is 11.6. The van der Waals surface area contributed by atoms with Crippen LogP contribution in [-0.4, -0.2) is 0 Å². The second-order valence-electron chi connectivity index (χ2n) is 7.91. The van der Waals surface area contributed by atoms with E-state index < -0.39 is 0 Å². The molecule has 1 fully saturated rings. The van der Waals surface area contributed by atoms with Crippen LogP contribution in [0, 0.1) is 17.2 Å². The molecule has 0 spiro atoms. The Bertz CT molecular complexity index is 697. The normalized spacial score (nSPS) is 19.8. The number of hydrogen-bond acceptors (Lipinski definition) is 1. The van der Waals surface area contributed by atoms with Crippen LogP contribution in [0.25, 0.3) is 0 Å². The second-order valence-corrected chi connectivity index (χ2v) is 7.91. The molecule has 0 aliphatic heterocycles. The minimum atomic E-state index is 0.759. The van der Waals surface area contributed by atoms with Gasteiger partial charge in [-0.2, -0.15) is 5.26 Å². The summed E-state index contributed by atoms with van der Waals surface area (Å²) in [7, 11) is 0. The molecule has 0 N–H and O–H groups in total. The molecule has 3 rings (SSSR count). The lowest BCUT2D eigenvalue weighted by Gasteiger charge is -2.29. The number of rotatable bonds is 7. The highest BCUT2D eigenvalue weighted by Crippen LogP contribution is 2.37. The van der Waals surface area contributed by atoms with Gasteiger partial charge in [0.25, 0.3) is 0 Å². The molecule has 0 radical (unpaired) electrons. The molecule has 0 heterocycles. The number of unbranched alkanes of at least 4 members (excludes halogenated alkanes) is 1. The first-order valence-corrected chi connectivity index (χ1v) is 10.4. The minimum absolute atomic E-state index is 0.759. The van der Waals surface area contributed by atoms with Gasteiger partial charge in [-0.1, -0.05) is 49.7 Å². The summed E-state index contributed by atoms with van der Waals surface area (Å²) < 4.78 is 0. The van der Waals surface area contributed by atoms with E-state index in [0.717, 1.165) is 23.8 Å². The molecule has 2 aromatic rings. The summed E-state index contributed by atoms with van der Waals surface area (Å²) in [4.78, 5) is 0. The van der Waals surface area contributed by atoms with Gasteiger partial charge in [-0.3, -0.25) is 0 Å².